The minimum Gasteiger partial charge on any atom is -0.494 e. The van der Waals surface area contributed by atoms with Crippen LogP contribution < -0.4 is 10.5 Å². The van der Waals surface area contributed by atoms with Crippen LogP contribution in [0.3, 0.4) is 0 Å². The molecule has 2 nitrogen and oxygen atoms in total. The van der Waals surface area contributed by atoms with Crippen molar-refractivity contribution in [2.45, 2.75) is 25.2 Å². The summed E-state index contributed by atoms with van der Waals surface area (Å²) in [7, 11) is 0. The van der Waals surface area contributed by atoms with Gasteiger partial charge in [0.25, 0.3) is 0 Å². The number of hydrogen-bond donors (Lipinski definition) is 1. The number of halogens is 1. The first kappa shape index (κ1) is 16.2. The second kappa shape index (κ2) is 7.76. The van der Waals surface area contributed by atoms with Crippen LogP contribution in [0, 0.1) is 13.8 Å². The number of benzene rings is 2. The van der Waals surface area contributed by atoms with Gasteiger partial charge in [0.15, 0.2) is 0 Å². The third-order valence-electron chi connectivity index (χ3n) is 2.98. The number of anilines is 1. The monoisotopic (exact) mass is 365 g/mol. The average Bonchev–Trinajstić information content (AvgIpc) is 2.39. The Balaban J connectivity index is 1.75. The molecule has 2 rings (SSSR count). The highest BCUT2D eigenvalue weighted by Crippen LogP contribution is 2.28. The molecule has 21 heavy (non-hydrogen) atoms. The fraction of sp³-hybridized carbons (Fsp3) is 0.294. The minimum absolute atomic E-state index is 0.728. The standard InChI is InChI=1S/C17H20BrNOS/c1-12-8-13(2)10-15(9-12)20-6-3-7-21-17-5-4-14(18)11-16(17)19/h4-5,8-11H,3,6-7,19H2,1-2H3. The molecule has 2 N–H and O–H groups in total. The van der Waals surface area contributed by atoms with Crippen molar-refractivity contribution in [3.05, 3.63) is 52.0 Å². The molecule has 0 amide bonds. The molecule has 0 radical (unpaired) electrons. The van der Waals surface area contributed by atoms with Crippen LogP contribution in [0.1, 0.15) is 17.5 Å². The van der Waals surface area contributed by atoms with Crippen LogP contribution in [0.25, 0.3) is 0 Å². The molecular formula is C17H20BrNOS. The third-order valence-corrected chi connectivity index (χ3v) is 4.65. The summed E-state index contributed by atoms with van der Waals surface area (Å²) < 4.78 is 6.82. The zero-order valence-corrected chi connectivity index (χ0v) is 14.8. The van der Waals surface area contributed by atoms with Crippen LogP contribution >= 0.6 is 27.7 Å². The van der Waals surface area contributed by atoms with Crippen molar-refractivity contribution in [2.75, 3.05) is 18.1 Å². The van der Waals surface area contributed by atoms with Gasteiger partial charge in [0.1, 0.15) is 5.75 Å². The SMILES string of the molecule is Cc1cc(C)cc(OCCCSc2ccc(Br)cc2N)c1. The van der Waals surface area contributed by atoms with Gasteiger partial charge in [-0.25, -0.2) is 0 Å². The fourth-order valence-electron chi connectivity index (χ4n) is 2.10. The van der Waals surface area contributed by atoms with Gasteiger partial charge in [-0.2, -0.15) is 0 Å². The summed E-state index contributed by atoms with van der Waals surface area (Å²) in [4.78, 5) is 1.13. The Morgan fingerprint density at radius 1 is 1.10 bits per heavy atom. The van der Waals surface area contributed by atoms with Gasteiger partial charge in [-0.3, -0.25) is 0 Å². The largest absolute Gasteiger partial charge is 0.494 e. The quantitative estimate of drug-likeness (QED) is 0.433. The molecule has 0 spiro atoms. The molecule has 2 aromatic carbocycles. The summed E-state index contributed by atoms with van der Waals surface area (Å²) in [6, 6.07) is 12.3. The van der Waals surface area contributed by atoms with E-state index in [1.54, 1.807) is 11.8 Å². The number of thioether (sulfide) groups is 1. The second-order valence-corrected chi connectivity index (χ2v) is 7.11. The normalized spacial score (nSPS) is 10.6. The van der Waals surface area contributed by atoms with Gasteiger partial charge in [-0.05, 0) is 61.7 Å². The Hall–Kier alpha value is -1.13. The molecule has 4 heteroatoms. The first-order chi connectivity index (χ1) is 10.0. The highest BCUT2D eigenvalue weighted by atomic mass is 79.9. The van der Waals surface area contributed by atoms with Crippen molar-refractivity contribution < 1.29 is 4.74 Å². The lowest BCUT2D eigenvalue weighted by atomic mass is 10.1. The van der Waals surface area contributed by atoms with Gasteiger partial charge in [0.2, 0.25) is 0 Å². The summed E-state index contributed by atoms with van der Waals surface area (Å²) >= 11 is 5.19. The van der Waals surface area contributed by atoms with Crippen molar-refractivity contribution in [3.63, 3.8) is 0 Å². The maximum absolute atomic E-state index is 5.98. The fourth-order valence-corrected chi connectivity index (χ4v) is 3.35. The average molecular weight is 366 g/mol. The molecular weight excluding hydrogens is 346 g/mol. The van der Waals surface area contributed by atoms with E-state index in [0.717, 1.165) is 39.6 Å². The van der Waals surface area contributed by atoms with E-state index in [4.69, 9.17) is 10.5 Å². The molecule has 0 saturated heterocycles. The van der Waals surface area contributed by atoms with Gasteiger partial charge < -0.3 is 10.5 Å². The topological polar surface area (TPSA) is 35.2 Å². The first-order valence-corrected chi connectivity index (χ1v) is 8.71. The lowest BCUT2D eigenvalue weighted by molar-refractivity contribution is 0.318. The van der Waals surface area contributed by atoms with Gasteiger partial charge in [0.05, 0.1) is 6.61 Å². The van der Waals surface area contributed by atoms with E-state index in [1.807, 2.05) is 12.1 Å². The lowest BCUT2D eigenvalue weighted by Crippen LogP contribution is -1.99. The maximum Gasteiger partial charge on any atom is 0.119 e. The van der Waals surface area contributed by atoms with E-state index in [0.29, 0.717) is 0 Å². The predicted molar refractivity (Wildman–Crippen MR) is 95.3 cm³/mol. The number of aryl methyl sites for hydroxylation is 2. The number of rotatable bonds is 6. The summed E-state index contributed by atoms with van der Waals surface area (Å²) in [6.45, 7) is 4.91. The van der Waals surface area contributed by atoms with Gasteiger partial charge in [0, 0.05) is 20.8 Å². The summed E-state index contributed by atoms with van der Waals surface area (Å²) in [5.41, 5.74) is 9.28. The summed E-state index contributed by atoms with van der Waals surface area (Å²) in [5, 5.41) is 0. The smallest absolute Gasteiger partial charge is 0.119 e. The molecule has 0 bridgehead atoms. The minimum atomic E-state index is 0.728. The van der Waals surface area contributed by atoms with Crippen molar-refractivity contribution >= 4 is 33.4 Å². The maximum atomic E-state index is 5.98. The summed E-state index contributed by atoms with van der Waals surface area (Å²) in [5.74, 6) is 1.96. The van der Waals surface area contributed by atoms with E-state index >= 15 is 0 Å². The van der Waals surface area contributed by atoms with Crippen LogP contribution in [-0.2, 0) is 0 Å². The Bertz CT molecular complexity index is 595. The molecule has 0 fully saturated rings. The van der Waals surface area contributed by atoms with E-state index < -0.39 is 0 Å². The number of nitrogen functional groups attached to an aromatic ring is 1. The molecule has 0 aromatic heterocycles. The van der Waals surface area contributed by atoms with E-state index in [2.05, 4.69) is 54.0 Å². The van der Waals surface area contributed by atoms with E-state index in [9.17, 15) is 0 Å². The predicted octanol–water partition coefficient (Wildman–Crippen LogP) is 5.21. The molecule has 0 heterocycles. The molecule has 2 aromatic rings. The number of nitrogens with two attached hydrogens (primary N) is 1. The zero-order chi connectivity index (χ0) is 15.2. The van der Waals surface area contributed by atoms with Crippen LogP contribution in [0.4, 0.5) is 5.69 Å². The Kier molecular flexibility index (Phi) is 6.00. The van der Waals surface area contributed by atoms with Crippen molar-refractivity contribution in [2.24, 2.45) is 0 Å². The third kappa shape index (κ3) is 5.29. The zero-order valence-electron chi connectivity index (χ0n) is 12.4. The molecule has 0 aliphatic carbocycles. The molecule has 0 saturated carbocycles. The highest BCUT2D eigenvalue weighted by molar-refractivity contribution is 9.10. The molecule has 0 atom stereocenters. The summed E-state index contributed by atoms with van der Waals surface area (Å²) in [6.07, 6.45) is 0.993. The van der Waals surface area contributed by atoms with Crippen molar-refractivity contribution in [3.8, 4) is 5.75 Å². The molecule has 112 valence electrons. The Morgan fingerprint density at radius 2 is 1.81 bits per heavy atom. The first-order valence-electron chi connectivity index (χ1n) is 6.93. The van der Waals surface area contributed by atoms with Crippen LogP contribution in [0.2, 0.25) is 0 Å². The van der Waals surface area contributed by atoms with E-state index in [-0.39, 0.29) is 0 Å². The van der Waals surface area contributed by atoms with Gasteiger partial charge in [-0.1, -0.05) is 22.0 Å². The Labute approximate surface area is 139 Å². The second-order valence-electron chi connectivity index (χ2n) is 5.06. The lowest BCUT2D eigenvalue weighted by Gasteiger charge is -2.09. The Morgan fingerprint density at radius 3 is 2.48 bits per heavy atom. The van der Waals surface area contributed by atoms with E-state index in [1.165, 1.54) is 11.1 Å². The van der Waals surface area contributed by atoms with Gasteiger partial charge >= 0.3 is 0 Å². The highest BCUT2D eigenvalue weighted by Gasteiger charge is 2.01. The van der Waals surface area contributed by atoms with Crippen molar-refractivity contribution in [1.82, 2.24) is 0 Å². The van der Waals surface area contributed by atoms with Crippen LogP contribution in [-0.4, -0.2) is 12.4 Å². The van der Waals surface area contributed by atoms with Crippen molar-refractivity contribution in [1.29, 1.82) is 0 Å². The van der Waals surface area contributed by atoms with Gasteiger partial charge in [-0.15, -0.1) is 11.8 Å². The molecule has 0 unspecified atom stereocenters. The molecule has 0 aliphatic heterocycles. The molecule has 0 aliphatic rings. The number of ether oxygens (including phenoxy) is 1. The van der Waals surface area contributed by atoms with Crippen LogP contribution in [0.5, 0.6) is 5.75 Å². The number of hydrogen-bond acceptors (Lipinski definition) is 3. The van der Waals surface area contributed by atoms with Crippen LogP contribution in [0.15, 0.2) is 45.8 Å².